The van der Waals surface area contributed by atoms with Crippen LogP contribution in [0.15, 0.2) is 34.4 Å². The molecule has 0 bridgehead atoms. The molecule has 3 aromatic rings. The van der Waals surface area contributed by atoms with E-state index in [9.17, 15) is 22.8 Å². The zero-order valence-electron chi connectivity index (χ0n) is 15.5. The molecule has 2 aromatic heterocycles. The molecule has 1 N–H and O–H groups in total. The van der Waals surface area contributed by atoms with Crippen molar-refractivity contribution in [1.82, 2.24) is 14.8 Å². The second-order valence-electron chi connectivity index (χ2n) is 6.93. The summed E-state index contributed by atoms with van der Waals surface area (Å²) in [6.07, 6.45) is -3.43. The number of rotatable bonds is 5. The number of thiazole rings is 1. The van der Waals surface area contributed by atoms with E-state index in [0.717, 1.165) is 17.4 Å². The summed E-state index contributed by atoms with van der Waals surface area (Å²) in [5.74, 6) is -0.838. The lowest BCUT2D eigenvalue weighted by molar-refractivity contribution is -0.139. The monoisotopic (exact) mass is 488 g/mol. The minimum atomic E-state index is -4.83. The standard InChI is InChI=1S/C19H13Cl2F3N4O2S/c20-12-4-3-10(5-13(12)21)15-8-31-18(25-15)26-16(29)7-28-17(30)11(19(22,23)24)6-14(27-28)9-1-2-9/h3-6,8-9H,1-2,7H2,(H,25,26,29). The van der Waals surface area contributed by atoms with Crippen LogP contribution >= 0.6 is 34.5 Å². The van der Waals surface area contributed by atoms with Crippen LogP contribution in [-0.2, 0) is 17.5 Å². The molecule has 1 fully saturated rings. The third-order valence-electron chi connectivity index (χ3n) is 4.55. The van der Waals surface area contributed by atoms with Gasteiger partial charge in [-0.2, -0.15) is 18.3 Å². The van der Waals surface area contributed by atoms with Crippen LogP contribution in [0.4, 0.5) is 18.3 Å². The normalized spacial score (nSPS) is 14.0. The Morgan fingerprint density at radius 1 is 1.23 bits per heavy atom. The van der Waals surface area contributed by atoms with Gasteiger partial charge < -0.3 is 5.32 Å². The fourth-order valence-electron chi connectivity index (χ4n) is 2.87. The van der Waals surface area contributed by atoms with E-state index < -0.39 is 29.8 Å². The molecule has 4 rings (SSSR count). The minimum Gasteiger partial charge on any atom is -0.300 e. The Morgan fingerprint density at radius 2 is 1.97 bits per heavy atom. The van der Waals surface area contributed by atoms with E-state index in [2.05, 4.69) is 15.4 Å². The van der Waals surface area contributed by atoms with E-state index in [1.807, 2.05) is 0 Å². The maximum Gasteiger partial charge on any atom is 0.421 e. The van der Waals surface area contributed by atoms with Crippen molar-refractivity contribution in [2.24, 2.45) is 0 Å². The van der Waals surface area contributed by atoms with Crippen molar-refractivity contribution in [3.05, 3.63) is 61.3 Å². The quantitative estimate of drug-likeness (QED) is 0.534. The fraction of sp³-hybridized carbons (Fsp3) is 0.263. The topological polar surface area (TPSA) is 76.9 Å². The van der Waals surface area contributed by atoms with Gasteiger partial charge in [0.25, 0.3) is 5.56 Å². The van der Waals surface area contributed by atoms with E-state index in [-0.39, 0.29) is 16.7 Å². The van der Waals surface area contributed by atoms with Crippen molar-refractivity contribution >= 4 is 45.6 Å². The maximum atomic E-state index is 13.2. The van der Waals surface area contributed by atoms with Crippen molar-refractivity contribution < 1.29 is 18.0 Å². The molecule has 6 nitrogen and oxygen atoms in total. The maximum absolute atomic E-state index is 13.2. The molecule has 0 aliphatic heterocycles. The van der Waals surface area contributed by atoms with Crippen molar-refractivity contribution in [2.75, 3.05) is 5.32 Å². The van der Waals surface area contributed by atoms with Gasteiger partial charge in [-0.15, -0.1) is 11.3 Å². The number of hydrogen-bond acceptors (Lipinski definition) is 5. The zero-order valence-corrected chi connectivity index (χ0v) is 17.9. The molecule has 0 spiro atoms. The molecule has 0 radical (unpaired) electrons. The Bertz CT molecular complexity index is 1220. The highest BCUT2D eigenvalue weighted by molar-refractivity contribution is 7.14. The summed E-state index contributed by atoms with van der Waals surface area (Å²) in [5.41, 5.74) is -1.31. The molecule has 0 atom stereocenters. The molecule has 31 heavy (non-hydrogen) atoms. The Balaban J connectivity index is 1.53. The lowest BCUT2D eigenvalue weighted by atomic mass is 10.2. The second kappa shape index (κ2) is 8.25. The molecule has 0 saturated heterocycles. The molecule has 1 amide bonds. The van der Waals surface area contributed by atoms with Crippen LogP contribution in [0.3, 0.4) is 0 Å². The first-order valence-corrected chi connectivity index (χ1v) is 10.7. The van der Waals surface area contributed by atoms with Gasteiger partial charge >= 0.3 is 6.18 Å². The van der Waals surface area contributed by atoms with Gasteiger partial charge in [0.1, 0.15) is 12.1 Å². The van der Waals surface area contributed by atoms with Crippen molar-refractivity contribution in [3.8, 4) is 11.3 Å². The average Bonchev–Trinajstić information content (AvgIpc) is 3.44. The average molecular weight is 489 g/mol. The molecule has 162 valence electrons. The third kappa shape index (κ3) is 4.91. The molecule has 2 heterocycles. The lowest BCUT2D eigenvalue weighted by Crippen LogP contribution is -2.35. The van der Waals surface area contributed by atoms with Gasteiger partial charge in [0.05, 0.1) is 21.4 Å². The van der Waals surface area contributed by atoms with Crippen LogP contribution in [0, 0.1) is 0 Å². The summed E-state index contributed by atoms with van der Waals surface area (Å²) in [4.78, 5) is 28.8. The minimum absolute atomic E-state index is 0.122. The van der Waals surface area contributed by atoms with Crippen LogP contribution in [-0.4, -0.2) is 20.7 Å². The van der Waals surface area contributed by atoms with Crippen LogP contribution in [0.1, 0.15) is 30.0 Å². The third-order valence-corrected chi connectivity index (χ3v) is 6.05. The number of aromatic nitrogens is 3. The van der Waals surface area contributed by atoms with E-state index in [1.54, 1.807) is 23.6 Å². The number of alkyl halides is 3. The second-order valence-corrected chi connectivity index (χ2v) is 8.61. The van der Waals surface area contributed by atoms with Gasteiger partial charge in [-0.05, 0) is 31.0 Å². The van der Waals surface area contributed by atoms with Gasteiger partial charge in [-0.25, -0.2) is 9.67 Å². The van der Waals surface area contributed by atoms with Crippen LogP contribution in [0.2, 0.25) is 10.0 Å². The number of nitrogens with zero attached hydrogens (tertiary/aromatic N) is 3. The predicted octanol–water partition coefficient (Wildman–Crippen LogP) is 5.21. The van der Waals surface area contributed by atoms with Gasteiger partial charge in [0.2, 0.25) is 5.91 Å². The highest BCUT2D eigenvalue weighted by Crippen LogP contribution is 2.40. The molecular weight excluding hydrogens is 476 g/mol. The smallest absolute Gasteiger partial charge is 0.300 e. The Kier molecular flexibility index (Phi) is 5.80. The molecule has 12 heteroatoms. The summed E-state index contributed by atoms with van der Waals surface area (Å²) < 4.78 is 40.2. The molecule has 1 saturated carbocycles. The summed E-state index contributed by atoms with van der Waals surface area (Å²) in [7, 11) is 0. The summed E-state index contributed by atoms with van der Waals surface area (Å²) in [6, 6.07) is 5.72. The predicted molar refractivity (Wildman–Crippen MR) is 112 cm³/mol. The van der Waals surface area contributed by atoms with Gasteiger partial charge in [-0.3, -0.25) is 9.59 Å². The van der Waals surface area contributed by atoms with Crippen molar-refractivity contribution in [2.45, 2.75) is 31.5 Å². The van der Waals surface area contributed by atoms with Crippen molar-refractivity contribution in [1.29, 1.82) is 0 Å². The first-order valence-electron chi connectivity index (χ1n) is 9.02. The summed E-state index contributed by atoms with van der Waals surface area (Å²) in [6.45, 7) is -0.663. The van der Waals surface area contributed by atoms with Crippen molar-refractivity contribution in [3.63, 3.8) is 0 Å². The van der Waals surface area contributed by atoms with Gasteiger partial charge in [0, 0.05) is 16.9 Å². The molecule has 0 unspecified atom stereocenters. The molecular formula is C19H13Cl2F3N4O2S. The Labute approximate surface area is 187 Å². The van der Waals surface area contributed by atoms with Gasteiger partial charge in [0.15, 0.2) is 5.13 Å². The van der Waals surface area contributed by atoms with Gasteiger partial charge in [-0.1, -0.05) is 29.3 Å². The number of amides is 1. The number of nitrogens with one attached hydrogen (secondary N) is 1. The number of anilines is 1. The van der Waals surface area contributed by atoms with Crippen LogP contribution < -0.4 is 10.9 Å². The summed E-state index contributed by atoms with van der Waals surface area (Å²) in [5, 5.41) is 9.07. The molecule has 1 aliphatic rings. The SMILES string of the molecule is O=C(Cn1nc(C2CC2)cc(C(F)(F)F)c1=O)Nc1nc(-c2ccc(Cl)c(Cl)c2)cs1. The number of halogens is 5. The number of benzene rings is 1. The van der Waals surface area contributed by atoms with E-state index >= 15 is 0 Å². The Morgan fingerprint density at radius 3 is 2.61 bits per heavy atom. The molecule has 1 aliphatic carbocycles. The van der Waals surface area contributed by atoms with E-state index in [1.165, 1.54) is 0 Å². The first kappa shape index (κ1) is 21.8. The number of carbonyl (C=O) groups excluding carboxylic acids is 1. The molecule has 1 aromatic carbocycles. The number of hydrogen-bond donors (Lipinski definition) is 1. The lowest BCUT2D eigenvalue weighted by Gasteiger charge is -2.12. The zero-order chi connectivity index (χ0) is 22.3. The summed E-state index contributed by atoms with van der Waals surface area (Å²) >= 11 is 13.0. The van der Waals surface area contributed by atoms with E-state index in [0.29, 0.717) is 38.8 Å². The van der Waals surface area contributed by atoms with Crippen LogP contribution in [0.5, 0.6) is 0 Å². The Hall–Kier alpha value is -2.43. The van der Waals surface area contributed by atoms with Crippen LogP contribution in [0.25, 0.3) is 11.3 Å². The highest BCUT2D eigenvalue weighted by Gasteiger charge is 2.37. The number of carbonyl (C=O) groups is 1. The first-order chi connectivity index (χ1) is 14.6. The largest absolute Gasteiger partial charge is 0.421 e. The highest BCUT2D eigenvalue weighted by atomic mass is 35.5. The fourth-order valence-corrected chi connectivity index (χ4v) is 3.90. The van der Waals surface area contributed by atoms with E-state index in [4.69, 9.17) is 23.2 Å².